The molecule has 3 rings (SSSR count). The number of aliphatic hydroxyl groups is 1. The number of carbonyl (C=O) groups excluding carboxylic acids is 1. The molecule has 0 unspecified atom stereocenters. The van der Waals surface area contributed by atoms with E-state index < -0.39 is 11.5 Å². The van der Waals surface area contributed by atoms with E-state index in [9.17, 15) is 15.0 Å². The molecule has 1 aliphatic rings. The van der Waals surface area contributed by atoms with Gasteiger partial charge in [0.05, 0.1) is 5.71 Å². The molecule has 26 heavy (non-hydrogen) atoms. The summed E-state index contributed by atoms with van der Waals surface area (Å²) in [6.07, 6.45) is 1.08. The topological polar surface area (TPSA) is 85.2 Å². The van der Waals surface area contributed by atoms with Crippen LogP contribution in [0.25, 0.3) is 0 Å². The number of amides is 1. The van der Waals surface area contributed by atoms with Gasteiger partial charge in [-0.15, -0.1) is 0 Å². The number of nitrogens with zero attached hydrogens (tertiary/aromatic N) is 2. The zero-order valence-corrected chi connectivity index (χ0v) is 14.7. The second-order valence-electron chi connectivity index (χ2n) is 6.65. The van der Waals surface area contributed by atoms with Gasteiger partial charge >= 0.3 is 0 Å². The highest BCUT2D eigenvalue weighted by atomic mass is 16.3. The van der Waals surface area contributed by atoms with Crippen LogP contribution in [0.15, 0.2) is 59.7 Å². The van der Waals surface area contributed by atoms with E-state index in [1.807, 2.05) is 37.4 Å². The summed E-state index contributed by atoms with van der Waals surface area (Å²) in [7, 11) is 2.02. The maximum Gasteiger partial charge on any atom is 0.271 e. The highest BCUT2D eigenvalue weighted by Gasteiger charge is 2.37. The van der Waals surface area contributed by atoms with Gasteiger partial charge in [0.25, 0.3) is 5.91 Å². The predicted molar refractivity (Wildman–Crippen MR) is 100 cm³/mol. The van der Waals surface area contributed by atoms with Crippen LogP contribution in [-0.2, 0) is 0 Å². The average molecular weight is 353 g/mol. The molecule has 1 heterocycles. The number of piperidine rings is 1. The zero-order valence-electron chi connectivity index (χ0n) is 14.7. The number of nitrogens with one attached hydrogen (secondary N) is 1. The van der Waals surface area contributed by atoms with Crippen molar-refractivity contribution in [2.24, 2.45) is 5.10 Å². The van der Waals surface area contributed by atoms with Crippen molar-refractivity contribution in [3.05, 3.63) is 65.7 Å². The molecule has 6 nitrogen and oxygen atoms in total. The second-order valence-corrected chi connectivity index (χ2v) is 6.65. The van der Waals surface area contributed by atoms with Crippen LogP contribution in [0.3, 0.4) is 0 Å². The Morgan fingerprint density at radius 3 is 2.38 bits per heavy atom. The van der Waals surface area contributed by atoms with Crippen LogP contribution in [-0.4, -0.2) is 52.5 Å². The highest BCUT2D eigenvalue weighted by Crippen LogP contribution is 2.26. The van der Waals surface area contributed by atoms with E-state index in [1.54, 1.807) is 12.1 Å². The fourth-order valence-electron chi connectivity index (χ4n) is 3.08. The number of aromatic hydroxyl groups is 1. The minimum Gasteiger partial charge on any atom is -0.508 e. The van der Waals surface area contributed by atoms with E-state index in [1.165, 1.54) is 12.1 Å². The molecule has 0 spiro atoms. The molecule has 0 aliphatic carbocycles. The number of benzene rings is 2. The lowest BCUT2D eigenvalue weighted by molar-refractivity contribution is 0.0437. The van der Waals surface area contributed by atoms with Crippen molar-refractivity contribution in [2.75, 3.05) is 20.1 Å². The smallest absolute Gasteiger partial charge is 0.271 e. The monoisotopic (exact) mass is 353 g/mol. The molecule has 0 aromatic heterocycles. The number of carbonyl (C=O) groups is 1. The maximum atomic E-state index is 12.4. The van der Waals surface area contributed by atoms with Crippen molar-refractivity contribution < 1.29 is 15.0 Å². The number of hydrazone groups is 1. The van der Waals surface area contributed by atoms with E-state index in [0.717, 1.165) is 18.7 Å². The van der Waals surface area contributed by atoms with Crippen LogP contribution in [0.1, 0.15) is 28.8 Å². The molecule has 1 amide bonds. The molecule has 0 saturated carbocycles. The van der Waals surface area contributed by atoms with E-state index in [2.05, 4.69) is 15.4 Å². The largest absolute Gasteiger partial charge is 0.508 e. The summed E-state index contributed by atoms with van der Waals surface area (Å²) in [4.78, 5) is 14.5. The van der Waals surface area contributed by atoms with Gasteiger partial charge in [0.15, 0.2) is 0 Å². The molecule has 0 radical (unpaired) electrons. The molecule has 2 aromatic carbocycles. The number of hydrogen-bond acceptors (Lipinski definition) is 5. The van der Waals surface area contributed by atoms with Crippen molar-refractivity contribution >= 4 is 11.6 Å². The Morgan fingerprint density at radius 1 is 1.08 bits per heavy atom. The summed E-state index contributed by atoms with van der Waals surface area (Å²) in [5.74, 6) is -0.426. The van der Waals surface area contributed by atoms with Gasteiger partial charge in [0.2, 0.25) is 0 Å². The summed E-state index contributed by atoms with van der Waals surface area (Å²) >= 11 is 0. The van der Waals surface area contributed by atoms with Crippen molar-refractivity contribution in [1.82, 2.24) is 10.3 Å². The third-order valence-corrected chi connectivity index (χ3v) is 4.68. The molecular formula is C20H23N3O3. The van der Waals surface area contributed by atoms with E-state index in [0.29, 0.717) is 24.1 Å². The van der Waals surface area contributed by atoms with Crippen LogP contribution in [0, 0.1) is 0 Å². The lowest BCUT2D eigenvalue weighted by Crippen LogP contribution is -2.49. The van der Waals surface area contributed by atoms with Crippen LogP contribution in [0.5, 0.6) is 5.75 Å². The molecule has 3 N–H and O–H groups in total. The van der Waals surface area contributed by atoms with Crippen molar-refractivity contribution in [3.8, 4) is 5.75 Å². The molecule has 0 bridgehead atoms. The van der Waals surface area contributed by atoms with Crippen LogP contribution in [0.2, 0.25) is 0 Å². The second kappa shape index (κ2) is 7.68. The van der Waals surface area contributed by atoms with E-state index in [-0.39, 0.29) is 5.75 Å². The minimum atomic E-state index is -1.10. The minimum absolute atomic E-state index is 0.0128. The molecule has 2 aromatic rings. The average Bonchev–Trinajstić information content (AvgIpc) is 2.65. The van der Waals surface area contributed by atoms with Gasteiger partial charge in [0.1, 0.15) is 11.4 Å². The first-order chi connectivity index (χ1) is 12.5. The third-order valence-electron chi connectivity index (χ3n) is 4.68. The normalized spacial score (nSPS) is 17.7. The van der Waals surface area contributed by atoms with E-state index >= 15 is 0 Å². The highest BCUT2D eigenvalue weighted by molar-refractivity contribution is 6.07. The van der Waals surface area contributed by atoms with Crippen molar-refractivity contribution in [2.45, 2.75) is 18.4 Å². The Bertz CT molecular complexity index is 797. The molecule has 1 saturated heterocycles. The standard InChI is InChI=1S/C20H23N3O3/c1-23-12-10-20(26,11-13-23)18(15-6-3-2-4-7-15)21-22-19(25)16-8-5-9-17(24)14-16/h2-9,14,24,26H,10-13H2,1H3,(H,22,25)/b21-18-. The van der Waals surface area contributed by atoms with E-state index in [4.69, 9.17) is 0 Å². The number of hydrogen-bond donors (Lipinski definition) is 3. The number of rotatable bonds is 4. The van der Waals surface area contributed by atoms with Gasteiger partial charge in [-0.25, -0.2) is 5.43 Å². The lowest BCUT2D eigenvalue weighted by Gasteiger charge is -2.37. The first kappa shape index (κ1) is 18.1. The number of phenols is 1. The Balaban J connectivity index is 1.88. The number of likely N-dealkylation sites (tertiary alicyclic amines) is 1. The fourth-order valence-corrected chi connectivity index (χ4v) is 3.08. The van der Waals surface area contributed by atoms with Crippen LogP contribution >= 0.6 is 0 Å². The molecule has 0 atom stereocenters. The Kier molecular flexibility index (Phi) is 5.35. The van der Waals surface area contributed by atoms with Gasteiger partial charge in [-0.1, -0.05) is 36.4 Å². The number of phenolic OH excluding ortho intramolecular Hbond substituents is 1. The van der Waals surface area contributed by atoms with Gasteiger partial charge in [-0.2, -0.15) is 5.10 Å². The van der Waals surface area contributed by atoms with Gasteiger partial charge in [0, 0.05) is 24.2 Å². The van der Waals surface area contributed by atoms with Crippen molar-refractivity contribution in [3.63, 3.8) is 0 Å². The molecule has 1 aliphatic heterocycles. The zero-order chi connectivity index (χ0) is 18.6. The molecule has 136 valence electrons. The SMILES string of the molecule is CN1CCC(O)(/C(=N\NC(=O)c2cccc(O)c2)c2ccccc2)CC1. The van der Waals surface area contributed by atoms with Gasteiger partial charge in [-0.05, 0) is 38.1 Å². The third kappa shape index (κ3) is 4.09. The maximum absolute atomic E-state index is 12.4. The summed E-state index contributed by atoms with van der Waals surface area (Å²) in [6.45, 7) is 1.51. The van der Waals surface area contributed by atoms with Gasteiger partial charge < -0.3 is 15.1 Å². The first-order valence-electron chi connectivity index (χ1n) is 8.62. The summed E-state index contributed by atoms with van der Waals surface area (Å²) in [5.41, 5.74) is 2.96. The Morgan fingerprint density at radius 2 is 1.73 bits per heavy atom. The lowest BCUT2D eigenvalue weighted by atomic mass is 9.83. The fraction of sp³-hybridized carbons (Fsp3) is 0.300. The predicted octanol–water partition coefficient (Wildman–Crippen LogP) is 1.98. The Labute approximate surface area is 152 Å². The van der Waals surface area contributed by atoms with Crippen LogP contribution < -0.4 is 5.43 Å². The summed E-state index contributed by atoms with van der Waals surface area (Å²) < 4.78 is 0. The Hall–Kier alpha value is -2.70. The summed E-state index contributed by atoms with van der Waals surface area (Å²) in [5, 5.41) is 25.0. The molecule has 6 heteroatoms. The summed E-state index contributed by atoms with van der Waals surface area (Å²) in [6, 6.07) is 15.4. The van der Waals surface area contributed by atoms with Crippen molar-refractivity contribution in [1.29, 1.82) is 0 Å². The first-order valence-corrected chi connectivity index (χ1v) is 8.62. The molecular weight excluding hydrogens is 330 g/mol. The molecule has 1 fully saturated rings. The van der Waals surface area contributed by atoms with Gasteiger partial charge in [-0.3, -0.25) is 4.79 Å². The quantitative estimate of drug-likeness (QED) is 0.580. The van der Waals surface area contributed by atoms with Crippen LogP contribution in [0.4, 0.5) is 0 Å².